The molecule has 6 heteroatoms. The fourth-order valence-electron chi connectivity index (χ4n) is 1.69. The molecule has 2 rings (SSSR count). The molecule has 1 atom stereocenters. The number of aryl methyl sites for hydroxylation is 1. The lowest BCUT2D eigenvalue weighted by Crippen LogP contribution is -2.22. The van der Waals surface area contributed by atoms with Crippen molar-refractivity contribution in [3.05, 3.63) is 48.8 Å². The van der Waals surface area contributed by atoms with Gasteiger partial charge >= 0.3 is 0 Å². The van der Waals surface area contributed by atoms with Crippen molar-refractivity contribution in [1.82, 2.24) is 14.8 Å². The maximum absolute atomic E-state index is 12.2. The van der Waals surface area contributed by atoms with Crippen LogP contribution in [0.1, 0.15) is 12.5 Å². The number of carbonyl (C=O) groups is 1. The number of hydrogen-bond acceptors (Lipinski definition) is 4. The normalized spacial score (nSPS) is 11.9. The van der Waals surface area contributed by atoms with Gasteiger partial charge in [-0.1, -0.05) is 35.5 Å². The Hall–Kier alpha value is -2.08. The molecule has 0 aliphatic carbocycles. The number of allylic oxidation sites excluding steroid dienone is 1. The standard InChI is InChI=1S/C15H18N4OS/c1-4-9-19-10-16-18-15(19)21-12(3)14(20)17-13-7-5-11(2)6-8-13/h4-8,10,12H,1,9H2,2-3H3,(H,17,20)/t12-/m1/s1. The highest BCUT2D eigenvalue weighted by Crippen LogP contribution is 2.22. The van der Waals surface area contributed by atoms with E-state index in [-0.39, 0.29) is 11.2 Å². The number of nitrogens with one attached hydrogen (secondary N) is 1. The summed E-state index contributed by atoms with van der Waals surface area (Å²) in [7, 11) is 0. The van der Waals surface area contributed by atoms with E-state index in [0.29, 0.717) is 11.7 Å². The van der Waals surface area contributed by atoms with E-state index in [1.54, 1.807) is 12.4 Å². The third kappa shape index (κ3) is 4.19. The highest BCUT2D eigenvalue weighted by molar-refractivity contribution is 8.00. The van der Waals surface area contributed by atoms with Crippen LogP contribution in [-0.2, 0) is 11.3 Å². The van der Waals surface area contributed by atoms with Gasteiger partial charge in [0.15, 0.2) is 5.16 Å². The molecule has 0 bridgehead atoms. The monoisotopic (exact) mass is 302 g/mol. The van der Waals surface area contributed by atoms with Crippen LogP contribution in [0.3, 0.4) is 0 Å². The second-order valence-electron chi connectivity index (χ2n) is 4.67. The van der Waals surface area contributed by atoms with Gasteiger partial charge in [-0.25, -0.2) is 0 Å². The van der Waals surface area contributed by atoms with Gasteiger partial charge in [0.1, 0.15) is 6.33 Å². The van der Waals surface area contributed by atoms with Crippen LogP contribution < -0.4 is 5.32 Å². The van der Waals surface area contributed by atoms with Crippen molar-refractivity contribution >= 4 is 23.4 Å². The van der Waals surface area contributed by atoms with Crippen molar-refractivity contribution in [2.24, 2.45) is 0 Å². The first-order valence-electron chi connectivity index (χ1n) is 6.63. The molecule has 5 nitrogen and oxygen atoms in total. The number of aromatic nitrogens is 3. The van der Waals surface area contributed by atoms with Crippen LogP contribution in [0.15, 0.2) is 48.4 Å². The minimum Gasteiger partial charge on any atom is -0.325 e. The molecule has 0 unspecified atom stereocenters. The summed E-state index contributed by atoms with van der Waals surface area (Å²) >= 11 is 1.38. The summed E-state index contributed by atoms with van der Waals surface area (Å²) in [5.74, 6) is -0.0583. The van der Waals surface area contributed by atoms with Crippen LogP contribution in [-0.4, -0.2) is 25.9 Å². The van der Waals surface area contributed by atoms with E-state index in [1.807, 2.05) is 42.7 Å². The zero-order valence-corrected chi connectivity index (χ0v) is 12.9. The Bertz CT molecular complexity index is 621. The molecule has 0 aliphatic heterocycles. The Balaban J connectivity index is 1.97. The number of amides is 1. The summed E-state index contributed by atoms with van der Waals surface area (Å²) < 4.78 is 1.85. The average Bonchev–Trinajstić information content (AvgIpc) is 2.89. The zero-order chi connectivity index (χ0) is 15.2. The molecule has 0 fully saturated rings. The van der Waals surface area contributed by atoms with Gasteiger partial charge in [-0.15, -0.1) is 16.8 Å². The van der Waals surface area contributed by atoms with Crippen LogP contribution >= 0.6 is 11.8 Å². The van der Waals surface area contributed by atoms with E-state index < -0.39 is 0 Å². The topological polar surface area (TPSA) is 59.8 Å². The minimum absolute atomic E-state index is 0.0583. The number of carbonyl (C=O) groups excluding carboxylic acids is 1. The molecule has 1 amide bonds. The van der Waals surface area contributed by atoms with Gasteiger partial charge in [-0.05, 0) is 26.0 Å². The quantitative estimate of drug-likeness (QED) is 0.658. The summed E-state index contributed by atoms with van der Waals surface area (Å²) in [6.07, 6.45) is 3.40. The van der Waals surface area contributed by atoms with Crippen molar-refractivity contribution in [2.45, 2.75) is 30.8 Å². The van der Waals surface area contributed by atoms with Gasteiger partial charge in [0.2, 0.25) is 5.91 Å². The Kier molecular flexibility index (Phi) is 5.16. The molecule has 0 spiro atoms. The lowest BCUT2D eigenvalue weighted by atomic mass is 10.2. The molecule has 0 aliphatic rings. The van der Waals surface area contributed by atoms with Crippen LogP contribution in [0.4, 0.5) is 5.69 Å². The first kappa shape index (κ1) is 15.3. The maximum Gasteiger partial charge on any atom is 0.237 e. The van der Waals surface area contributed by atoms with E-state index >= 15 is 0 Å². The predicted octanol–water partition coefficient (Wildman–Crippen LogP) is 2.89. The number of anilines is 1. The Morgan fingerprint density at radius 1 is 1.48 bits per heavy atom. The number of nitrogens with zero attached hydrogens (tertiary/aromatic N) is 3. The summed E-state index contributed by atoms with van der Waals surface area (Å²) in [6, 6.07) is 7.72. The number of hydrogen-bond donors (Lipinski definition) is 1. The molecule has 21 heavy (non-hydrogen) atoms. The van der Waals surface area contributed by atoms with Crippen molar-refractivity contribution in [3.63, 3.8) is 0 Å². The largest absolute Gasteiger partial charge is 0.325 e. The fraction of sp³-hybridized carbons (Fsp3) is 0.267. The third-order valence-corrected chi connectivity index (χ3v) is 3.97. The molecule has 2 aromatic rings. The zero-order valence-electron chi connectivity index (χ0n) is 12.1. The van der Waals surface area contributed by atoms with Gasteiger partial charge in [-0.3, -0.25) is 4.79 Å². The number of rotatable bonds is 6. The van der Waals surface area contributed by atoms with Gasteiger partial charge < -0.3 is 9.88 Å². The molecule has 110 valence electrons. The SMILES string of the molecule is C=CCn1cnnc1S[C@H](C)C(=O)Nc1ccc(C)cc1. The second-order valence-corrected chi connectivity index (χ2v) is 5.98. The Labute approximate surface area is 128 Å². The van der Waals surface area contributed by atoms with Crippen molar-refractivity contribution in [2.75, 3.05) is 5.32 Å². The number of benzene rings is 1. The van der Waals surface area contributed by atoms with E-state index in [9.17, 15) is 4.79 Å². The van der Waals surface area contributed by atoms with E-state index in [1.165, 1.54) is 11.8 Å². The van der Waals surface area contributed by atoms with Gasteiger partial charge in [-0.2, -0.15) is 0 Å². The fourth-order valence-corrected chi connectivity index (χ4v) is 2.53. The first-order valence-corrected chi connectivity index (χ1v) is 7.51. The van der Waals surface area contributed by atoms with Crippen molar-refractivity contribution in [3.8, 4) is 0 Å². The summed E-state index contributed by atoms with van der Waals surface area (Å²) in [6.45, 7) is 8.17. The van der Waals surface area contributed by atoms with E-state index in [4.69, 9.17) is 0 Å². The molecule has 1 N–H and O–H groups in total. The second kappa shape index (κ2) is 7.08. The molecule has 0 saturated heterocycles. The van der Waals surface area contributed by atoms with Crippen LogP contribution in [0.2, 0.25) is 0 Å². The molecular formula is C15H18N4OS. The Morgan fingerprint density at radius 2 is 2.19 bits per heavy atom. The highest BCUT2D eigenvalue weighted by atomic mass is 32.2. The van der Waals surface area contributed by atoms with Crippen LogP contribution in [0.5, 0.6) is 0 Å². The molecule has 0 radical (unpaired) electrons. The van der Waals surface area contributed by atoms with Gasteiger partial charge in [0, 0.05) is 12.2 Å². The minimum atomic E-state index is -0.265. The molecular weight excluding hydrogens is 284 g/mol. The van der Waals surface area contributed by atoms with Crippen LogP contribution in [0, 0.1) is 6.92 Å². The Morgan fingerprint density at radius 3 is 2.86 bits per heavy atom. The third-order valence-electron chi connectivity index (χ3n) is 2.88. The molecule has 1 heterocycles. The maximum atomic E-state index is 12.2. The van der Waals surface area contributed by atoms with E-state index in [2.05, 4.69) is 22.1 Å². The van der Waals surface area contributed by atoms with Crippen molar-refractivity contribution < 1.29 is 4.79 Å². The number of thioether (sulfide) groups is 1. The molecule has 1 aromatic carbocycles. The lowest BCUT2D eigenvalue weighted by molar-refractivity contribution is -0.115. The van der Waals surface area contributed by atoms with E-state index in [0.717, 1.165) is 11.3 Å². The van der Waals surface area contributed by atoms with Crippen molar-refractivity contribution in [1.29, 1.82) is 0 Å². The smallest absolute Gasteiger partial charge is 0.237 e. The molecule has 0 saturated carbocycles. The molecule has 1 aromatic heterocycles. The summed E-state index contributed by atoms with van der Waals surface area (Å²) in [5.41, 5.74) is 1.96. The van der Waals surface area contributed by atoms with Gasteiger partial charge in [0.05, 0.1) is 5.25 Å². The van der Waals surface area contributed by atoms with Crippen LogP contribution in [0.25, 0.3) is 0 Å². The summed E-state index contributed by atoms with van der Waals surface area (Å²) in [4.78, 5) is 12.2. The first-order chi connectivity index (χ1) is 10.1. The highest BCUT2D eigenvalue weighted by Gasteiger charge is 2.17. The summed E-state index contributed by atoms with van der Waals surface area (Å²) in [5, 5.41) is 11.2. The lowest BCUT2D eigenvalue weighted by Gasteiger charge is -2.12. The van der Waals surface area contributed by atoms with Gasteiger partial charge in [0.25, 0.3) is 0 Å². The predicted molar refractivity (Wildman–Crippen MR) is 85.3 cm³/mol. The average molecular weight is 302 g/mol.